The molecule has 0 unspecified atom stereocenters. The number of carbonyl (C=O) groups excluding carboxylic acids is 10. The van der Waals surface area contributed by atoms with Gasteiger partial charge in [0.1, 0.15) is 41.3 Å². The zero-order chi connectivity index (χ0) is 47.2. The number of hydrogen-bond acceptors (Lipinski definition) is 14. The highest BCUT2D eigenvalue weighted by molar-refractivity contribution is 5.98. The summed E-state index contributed by atoms with van der Waals surface area (Å²) in [7, 11) is 0. The van der Waals surface area contributed by atoms with Crippen LogP contribution in [0.4, 0.5) is 0 Å². The first-order chi connectivity index (χ1) is 29.7. The monoisotopic (exact) mass is 885 g/mol. The molecule has 348 valence electrons. The fourth-order valence-corrected chi connectivity index (χ4v) is 6.84. The highest BCUT2D eigenvalue weighted by atomic mass is 16.3. The third-order valence-corrected chi connectivity index (χ3v) is 10.5. The van der Waals surface area contributed by atoms with Crippen LogP contribution >= 0.6 is 0 Å². The Bertz CT molecular complexity index is 1820. The number of rotatable bonds is 17. The Morgan fingerprint density at radius 3 is 2.14 bits per heavy atom. The topological polar surface area (TPSA) is 362 Å². The number of nitrogens with two attached hydrogens (primary N) is 3. The quantitative estimate of drug-likeness (QED) is 0.0428. The van der Waals surface area contributed by atoms with E-state index in [1.807, 2.05) is 0 Å². The largest absolute Gasteiger partial charge is 0.393 e. The molecule has 1 aromatic rings. The van der Waals surface area contributed by atoms with E-state index in [0.29, 0.717) is 5.56 Å². The van der Waals surface area contributed by atoms with E-state index in [1.54, 1.807) is 30.3 Å². The van der Waals surface area contributed by atoms with Crippen LogP contribution in [0.1, 0.15) is 84.1 Å². The van der Waals surface area contributed by atoms with Gasteiger partial charge in [-0.3, -0.25) is 52.9 Å². The molecule has 2 rings (SSSR count). The summed E-state index contributed by atoms with van der Waals surface area (Å²) >= 11 is 0. The van der Waals surface area contributed by atoms with Gasteiger partial charge in [0.2, 0.25) is 29.5 Å². The molecule has 0 aliphatic carbocycles. The zero-order valence-corrected chi connectivity index (χ0v) is 36.1. The van der Waals surface area contributed by atoms with E-state index in [4.69, 9.17) is 17.2 Å². The number of amides is 5. The molecule has 21 nitrogen and oxygen atoms in total. The number of guanidine groups is 1. The summed E-state index contributed by atoms with van der Waals surface area (Å²) < 4.78 is 0. The average molecular weight is 886 g/mol. The van der Waals surface area contributed by atoms with Gasteiger partial charge in [-0.1, -0.05) is 30.3 Å². The molecule has 1 fully saturated rings. The number of aliphatic imine (C=N–C) groups is 1. The lowest BCUT2D eigenvalue weighted by Gasteiger charge is -2.25. The van der Waals surface area contributed by atoms with E-state index in [1.165, 1.54) is 20.8 Å². The Morgan fingerprint density at radius 2 is 1.54 bits per heavy atom. The summed E-state index contributed by atoms with van der Waals surface area (Å²) in [6, 6.07) is 4.17. The number of ketones is 5. The van der Waals surface area contributed by atoms with Crippen molar-refractivity contribution in [2.24, 2.45) is 39.9 Å². The molecular weight excluding hydrogens is 823 g/mol. The van der Waals surface area contributed by atoms with Gasteiger partial charge in [0, 0.05) is 63.5 Å². The minimum absolute atomic E-state index is 0.0314. The molecule has 1 aromatic carbocycles. The first-order valence-electron chi connectivity index (χ1n) is 20.9. The number of benzene rings is 1. The summed E-state index contributed by atoms with van der Waals surface area (Å²) in [6.45, 7) is 2.64. The van der Waals surface area contributed by atoms with Crippen molar-refractivity contribution in [3.05, 3.63) is 35.9 Å². The predicted octanol–water partition coefficient (Wildman–Crippen LogP) is -2.85. The van der Waals surface area contributed by atoms with E-state index in [-0.39, 0.29) is 64.1 Å². The second kappa shape index (κ2) is 27.2. The Balaban J connectivity index is 2.63. The Hall–Kier alpha value is -5.93. The highest BCUT2D eigenvalue weighted by Gasteiger charge is 2.35. The number of carbonyl (C=O) groups is 10. The van der Waals surface area contributed by atoms with Gasteiger partial charge in [0.15, 0.2) is 11.7 Å². The third-order valence-electron chi connectivity index (χ3n) is 10.5. The van der Waals surface area contributed by atoms with Gasteiger partial charge in [0.05, 0.1) is 37.6 Å². The molecular formula is C42H63N9O12. The van der Waals surface area contributed by atoms with Gasteiger partial charge in [-0.25, -0.2) is 0 Å². The van der Waals surface area contributed by atoms with Crippen LogP contribution in [0.25, 0.3) is 0 Å². The summed E-state index contributed by atoms with van der Waals surface area (Å²) in [4.78, 5) is 137. The minimum Gasteiger partial charge on any atom is -0.393 e. The number of Topliss-reactive ketones (excluding diaryl/α,β-unsaturated/α-hetero) is 5. The molecule has 0 radical (unpaired) electrons. The second-order valence-corrected chi connectivity index (χ2v) is 15.8. The number of aliphatic hydroxyl groups is 2. The maximum Gasteiger partial charge on any atom is 0.243 e. The van der Waals surface area contributed by atoms with Crippen molar-refractivity contribution < 1.29 is 58.2 Å². The fourth-order valence-electron chi connectivity index (χ4n) is 6.84. The van der Waals surface area contributed by atoms with Crippen molar-refractivity contribution in [1.82, 2.24) is 26.6 Å². The molecule has 0 aromatic heterocycles. The summed E-state index contributed by atoms with van der Waals surface area (Å²) in [5, 5.41) is 33.4. The van der Waals surface area contributed by atoms with Crippen molar-refractivity contribution in [3.63, 3.8) is 0 Å². The van der Waals surface area contributed by atoms with Crippen LogP contribution in [0.5, 0.6) is 0 Å². The molecule has 1 aliphatic heterocycles. The summed E-state index contributed by atoms with van der Waals surface area (Å²) in [5.74, 6) is -11.0. The van der Waals surface area contributed by atoms with Crippen LogP contribution in [0.3, 0.4) is 0 Å². The number of nitrogens with one attached hydrogen (secondary N) is 5. The summed E-state index contributed by atoms with van der Waals surface area (Å²) in [6.07, 6.45) is -5.70. The van der Waals surface area contributed by atoms with Crippen LogP contribution in [0.15, 0.2) is 35.3 Å². The van der Waals surface area contributed by atoms with Crippen molar-refractivity contribution in [2.75, 3.05) is 26.2 Å². The van der Waals surface area contributed by atoms with E-state index < -0.39 is 139 Å². The van der Waals surface area contributed by atoms with E-state index in [2.05, 4.69) is 31.6 Å². The van der Waals surface area contributed by atoms with E-state index in [0.717, 1.165) is 0 Å². The molecule has 0 bridgehead atoms. The molecule has 1 saturated heterocycles. The predicted molar refractivity (Wildman–Crippen MR) is 228 cm³/mol. The molecule has 1 heterocycles. The van der Waals surface area contributed by atoms with Crippen molar-refractivity contribution in [1.29, 1.82) is 0 Å². The van der Waals surface area contributed by atoms with Gasteiger partial charge in [-0.05, 0) is 45.6 Å². The number of hydrogen-bond donors (Lipinski definition) is 10. The molecule has 0 saturated carbocycles. The molecule has 5 amide bonds. The molecule has 21 heteroatoms. The third kappa shape index (κ3) is 19.8. The molecule has 63 heavy (non-hydrogen) atoms. The van der Waals surface area contributed by atoms with Crippen LogP contribution in [-0.4, -0.2) is 131 Å². The lowest BCUT2D eigenvalue weighted by atomic mass is 9.81. The molecule has 8 atom stereocenters. The lowest BCUT2D eigenvalue weighted by molar-refractivity contribution is -0.136. The van der Waals surface area contributed by atoms with Gasteiger partial charge in [-0.15, -0.1) is 0 Å². The minimum atomic E-state index is -1.63. The SMILES string of the molecule is CC(=O)[C@@H](CC(=O)[C@@H]1CCNC(=O)C[C@H](NC(=O)CCC(=O)CN)C(=O)N[C@@H](CCCN=C(N)N)C(=O)N[C@@H](Cc2ccccc2)C(=O)NCC(=O)C[C@@H]([C@@H](C)O)C(=O)C1)[C@@H](C)O. The van der Waals surface area contributed by atoms with Crippen molar-refractivity contribution >= 4 is 64.4 Å². The Labute approximate surface area is 365 Å². The normalized spacial score (nSPS) is 22.7. The maximum atomic E-state index is 14.0. The maximum absolute atomic E-state index is 14.0. The Morgan fingerprint density at radius 1 is 0.873 bits per heavy atom. The van der Waals surface area contributed by atoms with Crippen LogP contribution in [-0.2, 0) is 54.4 Å². The Kier molecular flexibility index (Phi) is 23.0. The first kappa shape index (κ1) is 53.2. The first-order valence-corrected chi connectivity index (χ1v) is 20.9. The average Bonchev–Trinajstić information content (AvgIpc) is 3.22. The van der Waals surface area contributed by atoms with Crippen LogP contribution in [0, 0.1) is 17.8 Å². The fraction of sp³-hybridized carbons (Fsp3) is 0.595. The molecule has 1 aliphatic rings. The number of nitrogens with zero attached hydrogens (tertiary/aromatic N) is 1. The summed E-state index contributed by atoms with van der Waals surface area (Å²) in [5.41, 5.74) is 16.9. The standard InChI is InChI=1S/C42H63N9O12/c1-23(52)30(24(2)53)19-35(57)27-13-15-46-38(60)20-34(49-37(59)12-11-28(55)21-43)41(63)50-32(10-7-14-47-42(44)45)40(62)51-33(16-26-8-5-4-6-9-26)39(61)48-22-29(56)18-31(25(3)54)36(58)17-27/h4-6,8-9,23,25,27,30-34,52,54H,7,10-22,43H2,1-3H3,(H,46,60)(H,48,61)(H,49,59)(H,50,63)(H,51,62)(H4,44,45,47)/t23-,25-,27-,30+,31+,32+,33+,34+/m1/s1. The highest BCUT2D eigenvalue weighted by Crippen LogP contribution is 2.23. The van der Waals surface area contributed by atoms with Gasteiger partial charge >= 0.3 is 0 Å². The molecule has 0 spiro atoms. The number of aliphatic hydroxyl groups excluding tert-OH is 2. The lowest BCUT2D eigenvalue weighted by Crippen LogP contribution is -2.57. The van der Waals surface area contributed by atoms with Gasteiger partial charge < -0.3 is 54.0 Å². The second-order valence-electron chi connectivity index (χ2n) is 15.8. The molecule has 13 N–H and O–H groups in total. The van der Waals surface area contributed by atoms with Gasteiger partial charge in [-0.2, -0.15) is 0 Å². The van der Waals surface area contributed by atoms with Crippen LogP contribution < -0.4 is 43.8 Å². The van der Waals surface area contributed by atoms with Crippen LogP contribution in [0.2, 0.25) is 0 Å². The smallest absolute Gasteiger partial charge is 0.243 e. The zero-order valence-electron chi connectivity index (χ0n) is 36.1. The van der Waals surface area contributed by atoms with Crippen molar-refractivity contribution in [2.45, 2.75) is 115 Å². The van der Waals surface area contributed by atoms with E-state index in [9.17, 15) is 58.2 Å². The van der Waals surface area contributed by atoms with Crippen molar-refractivity contribution in [3.8, 4) is 0 Å². The van der Waals surface area contributed by atoms with E-state index >= 15 is 0 Å². The van der Waals surface area contributed by atoms with Gasteiger partial charge in [0.25, 0.3) is 0 Å².